The highest BCUT2D eigenvalue weighted by molar-refractivity contribution is 8.03. The lowest BCUT2D eigenvalue weighted by Crippen LogP contribution is -1.99. The van der Waals surface area contributed by atoms with Gasteiger partial charge < -0.3 is 0 Å². The molecule has 0 nitrogen and oxygen atoms in total. The number of halogens is 1. The van der Waals surface area contributed by atoms with Crippen molar-refractivity contribution < 1.29 is 0 Å². The zero-order valence-electron chi connectivity index (χ0n) is 12.6. The Labute approximate surface area is 151 Å². The summed E-state index contributed by atoms with van der Waals surface area (Å²) in [5.41, 5.74) is 1.20. The van der Waals surface area contributed by atoms with Crippen LogP contribution in [0.2, 0.25) is 5.02 Å². The van der Waals surface area contributed by atoms with Gasteiger partial charge in [-0.1, -0.05) is 66.2 Å². The Morgan fingerprint density at radius 1 is 0.696 bits per heavy atom. The fourth-order valence-corrected chi connectivity index (χ4v) is 4.93. The third-order valence-corrected chi connectivity index (χ3v) is 6.33. The van der Waals surface area contributed by atoms with Gasteiger partial charge in [-0.15, -0.1) is 23.5 Å². The van der Waals surface area contributed by atoms with Gasteiger partial charge in [0.15, 0.2) is 0 Å². The predicted molar refractivity (Wildman–Crippen MR) is 104 cm³/mol. The monoisotopic (exact) mass is 356 g/mol. The molecule has 0 spiro atoms. The average molecular weight is 357 g/mol. The smallest absolute Gasteiger partial charge is 0.0453 e. The number of hydrogen-bond donors (Lipinski definition) is 0. The van der Waals surface area contributed by atoms with Gasteiger partial charge in [0.1, 0.15) is 0 Å². The van der Waals surface area contributed by atoms with Crippen molar-refractivity contribution in [1.82, 2.24) is 0 Å². The topological polar surface area (TPSA) is 0 Å². The first-order valence-corrected chi connectivity index (χ1v) is 9.71. The maximum atomic E-state index is 6.44. The summed E-state index contributed by atoms with van der Waals surface area (Å²) in [6.07, 6.45) is 0. The van der Waals surface area contributed by atoms with Gasteiger partial charge in [-0.3, -0.25) is 0 Å². The largest absolute Gasteiger partial charge is 0.125 e. The van der Waals surface area contributed by atoms with Gasteiger partial charge in [0, 0.05) is 25.8 Å². The lowest BCUT2D eigenvalue weighted by atomic mass is 10.2. The van der Waals surface area contributed by atoms with Crippen LogP contribution < -0.4 is 0 Å². The molecule has 0 N–H and O–H groups in total. The van der Waals surface area contributed by atoms with Crippen molar-refractivity contribution in [1.29, 1.82) is 0 Å². The molecule has 0 aliphatic heterocycles. The second-order valence-corrected chi connectivity index (χ2v) is 7.84. The number of rotatable bonds is 6. The molecule has 0 fully saturated rings. The van der Waals surface area contributed by atoms with Crippen molar-refractivity contribution >= 4 is 35.1 Å². The fourth-order valence-electron chi connectivity index (χ4n) is 2.28. The van der Waals surface area contributed by atoms with E-state index in [1.54, 1.807) is 0 Å². The van der Waals surface area contributed by atoms with Crippen molar-refractivity contribution in [3.8, 4) is 0 Å². The van der Waals surface area contributed by atoms with E-state index in [0.717, 1.165) is 10.8 Å². The highest BCUT2D eigenvalue weighted by Gasteiger charge is 2.16. The molecule has 23 heavy (non-hydrogen) atoms. The Kier molecular flexibility index (Phi) is 6.09. The van der Waals surface area contributed by atoms with Gasteiger partial charge in [0.2, 0.25) is 0 Å². The zero-order valence-corrected chi connectivity index (χ0v) is 15.0. The van der Waals surface area contributed by atoms with Crippen LogP contribution in [0.5, 0.6) is 0 Å². The molecular weight excluding hydrogens is 340 g/mol. The summed E-state index contributed by atoms with van der Waals surface area (Å²) in [5.74, 6) is 0.979. The van der Waals surface area contributed by atoms with Crippen LogP contribution in [0, 0.1) is 0 Å². The summed E-state index contributed by atoms with van der Waals surface area (Å²) < 4.78 is 0. The van der Waals surface area contributed by atoms with Crippen molar-refractivity contribution in [2.75, 3.05) is 5.75 Å². The molecule has 0 radical (unpaired) electrons. The SMILES string of the molecule is Clc1ccccc1C(CSc1ccccc1)Sc1ccccc1. The van der Waals surface area contributed by atoms with E-state index in [2.05, 4.69) is 60.7 Å². The van der Waals surface area contributed by atoms with E-state index in [1.807, 2.05) is 47.8 Å². The third-order valence-electron chi connectivity index (χ3n) is 3.42. The minimum atomic E-state index is 0.316. The molecule has 0 bridgehead atoms. The Bertz CT molecular complexity index is 729. The molecule has 0 aliphatic carbocycles. The molecule has 0 aromatic heterocycles. The summed E-state index contributed by atoms with van der Waals surface area (Å²) in [6.45, 7) is 0. The number of benzene rings is 3. The summed E-state index contributed by atoms with van der Waals surface area (Å²) in [4.78, 5) is 2.56. The molecule has 3 heteroatoms. The van der Waals surface area contributed by atoms with Crippen molar-refractivity contribution in [2.24, 2.45) is 0 Å². The first-order valence-electron chi connectivity index (χ1n) is 7.47. The molecule has 3 rings (SSSR count). The van der Waals surface area contributed by atoms with Gasteiger partial charge in [0.05, 0.1) is 0 Å². The first-order chi connectivity index (χ1) is 11.3. The Morgan fingerprint density at radius 2 is 1.26 bits per heavy atom. The second kappa shape index (κ2) is 8.49. The standard InChI is InChI=1S/C20H17ClS2/c21-19-14-8-7-13-18(19)20(23-17-11-5-2-6-12-17)15-22-16-9-3-1-4-10-16/h1-14,20H,15H2. The normalized spacial score (nSPS) is 12.0. The van der Waals surface area contributed by atoms with Crippen LogP contribution in [0.1, 0.15) is 10.8 Å². The molecule has 0 amide bonds. The first kappa shape index (κ1) is 16.5. The average Bonchev–Trinajstić information content (AvgIpc) is 2.61. The molecular formula is C20H17ClS2. The van der Waals surface area contributed by atoms with Crippen molar-refractivity contribution in [2.45, 2.75) is 15.0 Å². The molecule has 3 aromatic rings. The fraction of sp³-hybridized carbons (Fsp3) is 0.100. The van der Waals surface area contributed by atoms with Crippen molar-refractivity contribution in [3.63, 3.8) is 0 Å². The summed E-state index contributed by atoms with van der Waals surface area (Å²) in [6, 6.07) is 29.2. The molecule has 1 unspecified atom stereocenters. The Hall–Kier alpha value is -1.35. The number of thioether (sulfide) groups is 2. The van der Waals surface area contributed by atoms with E-state index < -0.39 is 0 Å². The van der Waals surface area contributed by atoms with Crippen molar-refractivity contribution in [3.05, 3.63) is 95.5 Å². The highest BCUT2D eigenvalue weighted by atomic mass is 35.5. The molecule has 1 atom stereocenters. The van der Waals surface area contributed by atoms with Gasteiger partial charge in [0.25, 0.3) is 0 Å². The molecule has 0 heterocycles. The van der Waals surface area contributed by atoms with E-state index in [0.29, 0.717) is 5.25 Å². The van der Waals surface area contributed by atoms with Crippen LogP contribution in [-0.4, -0.2) is 5.75 Å². The Balaban J connectivity index is 1.80. The molecule has 3 aromatic carbocycles. The molecule has 0 aliphatic rings. The maximum Gasteiger partial charge on any atom is 0.0453 e. The van der Waals surface area contributed by atoms with Gasteiger partial charge >= 0.3 is 0 Å². The van der Waals surface area contributed by atoms with Crippen LogP contribution in [0.25, 0.3) is 0 Å². The van der Waals surface area contributed by atoms with Gasteiger partial charge in [-0.25, -0.2) is 0 Å². The van der Waals surface area contributed by atoms with E-state index in [-0.39, 0.29) is 0 Å². The summed E-state index contributed by atoms with van der Waals surface area (Å²) >= 11 is 10.2. The molecule has 116 valence electrons. The lowest BCUT2D eigenvalue weighted by molar-refractivity contribution is 1.11. The van der Waals surface area contributed by atoms with Crippen LogP contribution in [0.15, 0.2) is 94.7 Å². The van der Waals surface area contributed by atoms with E-state index in [1.165, 1.54) is 15.4 Å². The van der Waals surface area contributed by atoms with Crippen LogP contribution >= 0.6 is 35.1 Å². The molecule has 0 saturated heterocycles. The minimum absolute atomic E-state index is 0.316. The minimum Gasteiger partial charge on any atom is -0.125 e. The van der Waals surface area contributed by atoms with E-state index in [4.69, 9.17) is 11.6 Å². The van der Waals surface area contributed by atoms with Crippen LogP contribution in [0.3, 0.4) is 0 Å². The van der Waals surface area contributed by atoms with Gasteiger partial charge in [-0.05, 0) is 35.9 Å². The van der Waals surface area contributed by atoms with Gasteiger partial charge in [-0.2, -0.15) is 0 Å². The van der Waals surface area contributed by atoms with Crippen LogP contribution in [0.4, 0.5) is 0 Å². The second-order valence-electron chi connectivity index (χ2n) is 5.07. The lowest BCUT2D eigenvalue weighted by Gasteiger charge is -2.18. The number of hydrogen-bond acceptors (Lipinski definition) is 2. The quantitative estimate of drug-likeness (QED) is 0.437. The molecule has 0 saturated carbocycles. The Morgan fingerprint density at radius 3 is 1.91 bits per heavy atom. The summed E-state index contributed by atoms with van der Waals surface area (Å²) in [5, 5.41) is 1.16. The maximum absolute atomic E-state index is 6.44. The summed E-state index contributed by atoms with van der Waals surface area (Å²) in [7, 11) is 0. The van der Waals surface area contributed by atoms with E-state index in [9.17, 15) is 0 Å². The predicted octanol–water partition coefficient (Wildman–Crippen LogP) is 6.97. The third kappa shape index (κ3) is 4.81. The zero-order chi connectivity index (χ0) is 15.9. The van der Waals surface area contributed by atoms with E-state index >= 15 is 0 Å². The van der Waals surface area contributed by atoms with Crippen LogP contribution in [-0.2, 0) is 0 Å². The highest BCUT2D eigenvalue weighted by Crippen LogP contribution is 2.41.